The Morgan fingerprint density at radius 3 is 2.45 bits per heavy atom. The number of hydrogen-bond donors (Lipinski definition) is 2. The lowest BCUT2D eigenvalue weighted by Gasteiger charge is -2.16. The van der Waals surface area contributed by atoms with E-state index in [1.807, 2.05) is 12.1 Å². The lowest BCUT2D eigenvalue weighted by molar-refractivity contribution is 0.191. The summed E-state index contributed by atoms with van der Waals surface area (Å²) in [5.74, 6) is 0. The summed E-state index contributed by atoms with van der Waals surface area (Å²) in [6, 6.07) is 11.4. The minimum Gasteiger partial charge on any atom is -0.387 e. The summed E-state index contributed by atoms with van der Waals surface area (Å²) in [6.45, 7) is 4.56. The van der Waals surface area contributed by atoms with Crippen molar-refractivity contribution < 1.29 is 5.11 Å². The van der Waals surface area contributed by atoms with Crippen LogP contribution in [0.4, 0.5) is 5.69 Å². The molecule has 0 radical (unpaired) electrons. The molecule has 0 saturated heterocycles. The summed E-state index contributed by atoms with van der Waals surface area (Å²) in [5, 5.41) is 14.2. The minimum absolute atomic E-state index is 0.449. The molecule has 20 heavy (non-hydrogen) atoms. The molecular formula is C16H17BrClNO. The third-order valence-electron chi connectivity index (χ3n) is 3.16. The second-order valence-corrected chi connectivity index (χ2v) is 6.18. The van der Waals surface area contributed by atoms with Crippen LogP contribution in [0.2, 0.25) is 5.02 Å². The van der Waals surface area contributed by atoms with Crippen molar-refractivity contribution in [3.8, 4) is 0 Å². The van der Waals surface area contributed by atoms with Gasteiger partial charge in [0.2, 0.25) is 0 Å². The molecule has 1 unspecified atom stereocenters. The van der Waals surface area contributed by atoms with Gasteiger partial charge >= 0.3 is 0 Å². The molecule has 2 aromatic carbocycles. The van der Waals surface area contributed by atoms with E-state index in [0.717, 1.165) is 21.3 Å². The summed E-state index contributed by atoms with van der Waals surface area (Å²) in [4.78, 5) is 0. The van der Waals surface area contributed by atoms with Gasteiger partial charge in [-0.1, -0.05) is 29.8 Å². The quantitative estimate of drug-likeness (QED) is 0.821. The number of halogens is 2. The summed E-state index contributed by atoms with van der Waals surface area (Å²) >= 11 is 9.39. The molecule has 2 N–H and O–H groups in total. The van der Waals surface area contributed by atoms with Crippen molar-refractivity contribution in [1.82, 2.24) is 0 Å². The normalized spacial score (nSPS) is 12.2. The van der Waals surface area contributed by atoms with Gasteiger partial charge < -0.3 is 10.4 Å². The van der Waals surface area contributed by atoms with E-state index in [4.69, 9.17) is 11.6 Å². The summed E-state index contributed by atoms with van der Waals surface area (Å²) < 4.78 is 1.01. The first kappa shape index (κ1) is 15.4. The van der Waals surface area contributed by atoms with E-state index in [1.54, 1.807) is 12.1 Å². The fraction of sp³-hybridized carbons (Fsp3) is 0.250. The van der Waals surface area contributed by atoms with E-state index < -0.39 is 6.10 Å². The number of aliphatic hydroxyl groups is 1. The van der Waals surface area contributed by atoms with Crippen LogP contribution < -0.4 is 5.32 Å². The van der Waals surface area contributed by atoms with E-state index >= 15 is 0 Å². The number of rotatable bonds is 4. The largest absolute Gasteiger partial charge is 0.387 e. The van der Waals surface area contributed by atoms with E-state index in [0.29, 0.717) is 11.6 Å². The Bertz CT molecular complexity index is 575. The van der Waals surface area contributed by atoms with Gasteiger partial charge in [-0.3, -0.25) is 0 Å². The smallest absolute Gasteiger partial charge is 0.0962 e. The van der Waals surface area contributed by atoms with Gasteiger partial charge in [-0.25, -0.2) is 0 Å². The standard InChI is InChI=1S/C16H17BrClNO/c1-10-7-11(2)16(14(17)8-10)19-9-15(20)12-3-5-13(18)6-4-12/h3-8,15,19-20H,9H2,1-2H3. The molecule has 2 aromatic rings. The van der Waals surface area contributed by atoms with Gasteiger partial charge in [0.15, 0.2) is 0 Å². The van der Waals surface area contributed by atoms with Gasteiger partial charge in [0.25, 0.3) is 0 Å². The van der Waals surface area contributed by atoms with Gasteiger partial charge in [-0.15, -0.1) is 0 Å². The van der Waals surface area contributed by atoms with Gasteiger partial charge in [-0.05, 0) is 64.7 Å². The van der Waals surface area contributed by atoms with Crippen molar-refractivity contribution in [1.29, 1.82) is 0 Å². The van der Waals surface area contributed by atoms with Crippen LogP contribution >= 0.6 is 27.5 Å². The molecule has 106 valence electrons. The van der Waals surface area contributed by atoms with Crippen molar-refractivity contribution in [2.45, 2.75) is 20.0 Å². The number of aryl methyl sites for hydroxylation is 2. The molecule has 0 aromatic heterocycles. The predicted molar refractivity (Wildman–Crippen MR) is 88.5 cm³/mol. The van der Waals surface area contributed by atoms with Crippen LogP contribution in [0.3, 0.4) is 0 Å². The summed E-state index contributed by atoms with van der Waals surface area (Å²) in [6.07, 6.45) is -0.570. The molecule has 0 fully saturated rings. The Hall–Kier alpha value is -1.03. The average Bonchev–Trinajstić information content (AvgIpc) is 2.38. The van der Waals surface area contributed by atoms with Crippen molar-refractivity contribution in [3.63, 3.8) is 0 Å². The second kappa shape index (κ2) is 6.61. The highest BCUT2D eigenvalue weighted by Crippen LogP contribution is 2.28. The molecule has 0 amide bonds. The Morgan fingerprint density at radius 2 is 1.85 bits per heavy atom. The maximum Gasteiger partial charge on any atom is 0.0962 e. The van der Waals surface area contributed by atoms with Crippen molar-refractivity contribution in [2.75, 3.05) is 11.9 Å². The highest BCUT2D eigenvalue weighted by Gasteiger charge is 2.10. The average molecular weight is 355 g/mol. The summed E-state index contributed by atoms with van der Waals surface area (Å²) in [7, 11) is 0. The van der Waals surface area contributed by atoms with Crippen LogP contribution in [0.25, 0.3) is 0 Å². The highest BCUT2D eigenvalue weighted by atomic mass is 79.9. The third kappa shape index (κ3) is 3.75. The van der Waals surface area contributed by atoms with Crippen LogP contribution in [0.5, 0.6) is 0 Å². The Kier molecular flexibility index (Phi) is 5.08. The molecular weight excluding hydrogens is 338 g/mol. The molecule has 2 nitrogen and oxygen atoms in total. The molecule has 0 heterocycles. The Balaban J connectivity index is 2.07. The molecule has 0 saturated carbocycles. The van der Waals surface area contributed by atoms with Crippen LogP contribution in [0.15, 0.2) is 40.9 Å². The monoisotopic (exact) mass is 353 g/mol. The van der Waals surface area contributed by atoms with Gasteiger partial charge in [0.1, 0.15) is 0 Å². The Morgan fingerprint density at radius 1 is 1.20 bits per heavy atom. The molecule has 0 spiro atoms. The first-order valence-electron chi connectivity index (χ1n) is 6.41. The van der Waals surface area contributed by atoms with Crippen LogP contribution in [0, 0.1) is 13.8 Å². The minimum atomic E-state index is -0.570. The number of anilines is 1. The zero-order chi connectivity index (χ0) is 14.7. The predicted octanol–water partition coefficient (Wildman–Crippen LogP) is 4.86. The molecule has 1 atom stereocenters. The maximum atomic E-state index is 10.2. The fourth-order valence-electron chi connectivity index (χ4n) is 2.14. The first-order valence-corrected chi connectivity index (χ1v) is 7.58. The topological polar surface area (TPSA) is 32.3 Å². The number of nitrogens with one attached hydrogen (secondary N) is 1. The first-order chi connectivity index (χ1) is 9.47. The van der Waals surface area contributed by atoms with Crippen LogP contribution in [-0.2, 0) is 0 Å². The van der Waals surface area contributed by atoms with E-state index in [-0.39, 0.29) is 0 Å². The van der Waals surface area contributed by atoms with Crippen LogP contribution in [-0.4, -0.2) is 11.7 Å². The third-order valence-corrected chi connectivity index (χ3v) is 4.04. The zero-order valence-electron chi connectivity index (χ0n) is 11.5. The molecule has 0 aliphatic heterocycles. The molecule has 0 bridgehead atoms. The number of aliphatic hydroxyl groups excluding tert-OH is 1. The van der Waals surface area contributed by atoms with Crippen molar-refractivity contribution in [2.24, 2.45) is 0 Å². The lowest BCUT2D eigenvalue weighted by atomic mass is 10.1. The number of hydrogen-bond acceptors (Lipinski definition) is 2. The highest BCUT2D eigenvalue weighted by molar-refractivity contribution is 9.10. The van der Waals surface area contributed by atoms with Gasteiger partial charge in [0.05, 0.1) is 11.8 Å². The van der Waals surface area contributed by atoms with Gasteiger partial charge in [0, 0.05) is 16.0 Å². The number of benzene rings is 2. The van der Waals surface area contributed by atoms with E-state index in [2.05, 4.69) is 47.2 Å². The van der Waals surface area contributed by atoms with Crippen molar-refractivity contribution >= 4 is 33.2 Å². The SMILES string of the molecule is Cc1cc(C)c(NCC(O)c2ccc(Cl)cc2)c(Br)c1. The summed E-state index contributed by atoms with van der Waals surface area (Å²) in [5.41, 5.74) is 4.23. The fourth-order valence-corrected chi connectivity index (χ4v) is 3.08. The van der Waals surface area contributed by atoms with E-state index in [1.165, 1.54) is 5.56 Å². The van der Waals surface area contributed by atoms with Gasteiger partial charge in [-0.2, -0.15) is 0 Å². The Labute approximate surface area is 132 Å². The second-order valence-electron chi connectivity index (χ2n) is 4.89. The molecule has 0 aliphatic carbocycles. The maximum absolute atomic E-state index is 10.2. The van der Waals surface area contributed by atoms with E-state index in [9.17, 15) is 5.11 Å². The molecule has 0 aliphatic rings. The van der Waals surface area contributed by atoms with Crippen molar-refractivity contribution in [3.05, 3.63) is 62.6 Å². The zero-order valence-corrected chi connectivity index (χ0v) is 13.8. The molecule has 4 heteroatoms. The molecule has 2 rings (SSSR count). The van der Waals surface area contributed by atoms with Crippen LogP contribution in [0.1, 0.15) is 22.8 Å². The lowest BCUT2D eigenvalue weighted by Crippen LogP contribution is -2.13.